The van der Waals surface area contributed by atoms with Crippen LogP contribution in [0.3, 0.4) is 0 Å². The van der Waals surface area contributed by atoms with Gasteiger partial charge in [-0.1, -0.05) is 12.1 Å². The zero-order valence-electron chi connectivity index (χ0n) is 14.1. The summed E-state index contributed by atoms with van der Waals surface area (Å²) in [5.74, 6) is 1.86. The molecule has 6 heteroatoms. The molecule has 1 N–H and O–H groups in total. The smallest absolute Gasteiger partial charge is 0.265 e. The van der Waals surface area contributed by atoms with E-state index in [9.17, 15) is 4.79 Å². The fourth-order valence-corrected chi connectivity index (χ4v) is 2.72. The highest BCUT2D eigenvalue weighted by Crippen LogP contribution is 2.33. The zero-order chi connectivity index (χ0) is 17.1. The Labute approximate surface area is 141 Å². The topological polar surface area (TPSA) is 63.9 Å². The first-order chi connectivity index (χ1) is 11.6. The molecule has 0 spiro atoms. The summed E-state index contributed by atoms with van der Waals surface area (Å²) in [4.78, 5) is 14.5. The molecule has 3 atom stereocenters. The molecule has 2 heterocycles. The second-order valence-corrected chi connectivity index (χ2v) is 6.05. The van der Waals surface area contributed by atoms with Gasteiger partial charge in [-0.25, -0.2) is 0 Å². The fraction of sp³-hybridized carbons (Fsp3) is 0.389. The number of nitrogens with one attached hydrogen (secondary N) is 1. The zero-order valence-corrected chi connectivity index (χ0v) is 14.1. The maximum Gasteiger partial charge on any atom is 0.265 e. The monoisotopic (exact) mass is 330 g/mol. The Morgan fingerprint density at radius 1 is 1.17 bits per heavy atom. The third kappa shape index (κ3) is 3.38. The number of hydrogen-bond acceptors (Lipinski definition) is 5. The number of nitrogens with zero attached hydrogens (tertiary/aromatic N) is 1. The van der Waals surface area contributed by atoms with E-state index in [1.54, 1.807) is 12.3 Å². The number of amides is 1. The highest BCUT2D eigenvalue weighted by atomic mass is 16.6. The Kier molecular flexibility index (Phi) is 4.76. The number of furan rings is 1. The summed E-state index contributed by atoms with van der Waals surface area (Å²) >= 11 is 0. The van der Waals surface area contributed by atoms with Crippen LogP contribution in [0.5, 0.6) is 11.5 Å². The summed E-state index contributed by atoms with van der Waals surface area (Å²) in [5.41, 5.74) is 0. The number of benzene rings is 1. The van der Waals surface area contributed by atoms with E-state index in [0.29, 0.717) is 18.0 Å². The van der Waals surface area contributed by atoms with Crippen molar-refractivity contribution < 1.29 is 18.7 Å². The van der Waals surface area contributed by atoms with Crippen LogP contribution in [0.4, 0.5) is 0 Å². The molecule has 0 aliphatic carbocycles. The van der Waals surface area contributed by atoms with Gasteiger partial charge in [-0.05, 0) is 45.3 Å². The summed E-state index contributed by atoms with van der Waals surface area (Å²) in [6.45, 7) is 2.25. The van der Waals surface area contributed by atoms with Crippen LogP contribution >= 0.6 is 0 Å². The standard InChI is InChI=1S/C18H22N2O4/c1-12-17(24-16-8-5-4-7-15(16)23-12)18(21)19-11-13(20(2)3)14-9-6-10-22-14/h4-10,12-13,17H,11H2,1-3H3,(H,19,21). The Morgan fingerprint density at radius 3 is 2.50 bits per heavy atom. The lowest BCUT2D eigenvalue weighted by atomic mass is 10.1. The van der Waals surface area contributed by atoms with Crippen molar-refractivity contribution in [3.63, 3.8) is 0 Å². The number of para-hydroxylation sites is 2. The molecule has 2 aromatic rings. The van der Waals surface area contributed by atoms with E-state index >= 15 is 0 Å². The van der Waals surface area contributed by atoms with Gasteiger partial charge in [-0.3, -0.25) is 9.69 Å². The average molecular weight is 330 g/mol. The van der Waals surface area contributed by atoms with Crippen LogP contribution in [0.25, 0.3) is 0 Å². The van der Waals surface area contributed by atoms with Crippen LogP contribution in [0.2, 0.25) is 0 Å². The number of carbonyl (C=O) groups is 1. The van der Waals surface area contributed by atoms with Gasteiger partial charge in [0.25, 0.3) is 5.91 Å². The second kappa shape index (κ2) is 6.97. The maximum atomic E-state index is 12.5. The van der Waals surface area contributed by atoms with Gasteiger partial charge in [-0.15, -0.1) is 0 Å². The highest BCUT2D eigenvalue weighted by Gasteiger charge is 2.34. The van der Waals surface area contributed by atoms with E-state index in [0.717, 1.165) is 5.76 Å². The Hall–Kier alpha value is -2.47. The summed E-state index contributed by atoms with van der Waals surface area (Å²) in [7, 11) is 3.89. The van der Waals surface area contributed by atoms with E-state index < -0.39 is 6.10 Å². The van der Waals surface area contributed by atoms with Crippen molar-refractivity contribution in [1.29, 1.82) is 0 Å². The molecule has 3 rings (SSSR count). The molecule has 0 fully saturated rings. The van der Waals surface area contributed by atoms with E-state index in [4.69, 9.17) is 13.9 Å². The van der Waals surface area contributed by atoms with Gasteiger partial charge in [0.15, 0.2) is 11.5 Å². The van der Waals surface area contributed by atoms with Crippen molar-refractivity contribution in [2.75, 3.05) is 20.6 Å². The Balaban J connectivity index is 1.64. The molecule has 0 saturated heterocycles. The van der Waals surface area contributed by atoms with Crippen molar-refractivity contribution in [3.05, 3.63) is 48.4 Å². The van der Waals surface area contributed by atoms with Crippen LogP contribution in [0, 0.1) is 0 Å². The predicted octanol–water partition coefficient (Wildman–Crippen LogP) is 2.23. The van der Waals surface area contributed by atoms with E-state index in [1.165, 1.54) is 0 Å². The minimum atomic E-state index is -0.681. The lowest BCUT2D eigenvalue weighted by Gasteiger charge is -2.31. The average Bonchev–Trinajstić information content (AvgIpc) is 3.08. The lowest BCUT2D eigenvalue weighted by molar-refractivity contribution is -0.133. The molecule has 6 nitrogen and oxygen atoms in total. The molecule has 0 saturated carbocycles. The number of rotatable bonds is 5. The minimum absolute atomic E-state index is 0.0453. The summed E-state index contributed by atoms with van der Waals surface area (Å²) in [6, 6.07) is 11.1. The minimum Gasteiger partial charge on any atom is -0.482 e. The molecule has 0 bridgehead atoms. The normalized spacial score (nSPS) is 20.7. The lowest BCUT2D eigenvalue weighted by Crippen LogP contribution is -2.50. The van der Waals surface area contributed by atoms with E-state index in [1.807, 2.05) is 56.3 Å². The molecule has 1 aliphatic heterocycles. The molecule has 128 valence electrons. The largest absolute Gasteiger partial charge is 0.482 e. The summed E-state index contributed by atoms with van der Waals surface area (Å²) in [5, 5.41) is 2.94. The number of carbonyl (C=O) groups excluding carboxylic acids is 1. The van der Waals surface area contributed by atoms with Crippen molar-refractivity contribution in [3.8, 4) is 11.5 Å². The van der Waals surface area contributed by atoms with Crippen molar-refractivity contribution in [2.24, 2.45) is 0 Å². The SMILES string of the molecule is CC1Oc2ccccc2OC1C(=O)NCC(c1ccco1)N(C)C. The van der Waals surface area contributed by atoms with Crippen LogP contribution < -0.4 is 14.8 Å². The second-order valence-electron chi connectivity index (χ2n) is 6.05. The Bertz CT molecular complexity index is 684. The first-order valence-electron chi connectivity index (χ1n) is 7.96. The van der Waals surface area contributed by atoms with Crippen LogP contribution in [0.1, 0.15) is 18.7 Å². The predicted molar refractivity (Wildman–Crippen MR) is 89.1 cm³/mol. The maximum absolute atomic E-state index is 12.5. The molecular weight excluding hydrogens is 308 g/mol. The number of hydrogen-bond donors (Lipinski definition) is 1. The van der Waals surface area contributed by atoms with E-state index in [2.05, 4.69) is 5.32 Å². The van der Waals surface area contributed by atoms with Crippen molar-refractivity contribution >= 4 is 5.91 Å². The molecule has 3 unspecified atom stereocenters. The first kappa shape index (κ1) is 16.4. The fourth-order valence-electron chi connectivity index (χ4n) is 2.72. The molecule has 1 aromatic carbocycles. The molecule has 1 aliphatic rings. The van der Waals surface area contributed by atoms with Gasteiger partial charge in [0.05, 0.1) is 12.3 Å². The van der Waals surface area contributed by atoms with Gasteiger partial charge in [0.2, 0.25) is 6.10 Å². The molecule has 1 amide bonds. The van der Waals surface area contributed by atoms with Gasteiger partial charge < -0.3 is 19.2 Å². The highest BCUT2D eigenvalue weighted by molar-refractivity contribution is 5.82. The van der Waals surface area contributed by atoms with Gasteiger partial charge in [0, 0.05) is 6.54 Å². The molecule has 0 radical (unpaired) electrons. The van der Waals surface area contributed by atoms with Gasteiger partial charge >= 0.3 is 0 Å². The molecular formula is C18H22N2O4. The summed E-state index contributed by atoms with van der Waals surface area (Å²) in [6.07, 6.45) is 0.589. The third-order valence-corrected chi connectivity index (χ3v) is 4.07. The van der Waals surface area contributed by atoms with Crippen molar-refractivity contribution in [2.45, 2.75) is 25.2 Å². The van der Waals surface area contributed by atoms with E-state index in [-0.39, 0.29) is 18.1 Å². The van der Waals surface area contributed by atoms with Crippen LogP contribution in [-0.2, 0) is 4.79 Å². The number of fused-ring (bicyclic) bond motifs is 1. The van der Waals surface area contributed by atoms with Crippen molar-refractivity contribution in [1.82, 2.24) is 10.2 Å². The quantitative estimate of drug-likeness (QED) is 0.911. The summed E-state index contributed by atoms with van der Waals surface area (Å²) < 4.78 is 17.0. The van der Waals surface area contributed by atoms with Crippen LogP contribution in [-0.4, -0.2) is 43.7 Å². The first-order valence-corrected chi connectivity index (χ1v) is 7.96. The Morgan fingerprint density at radius 2 is 1.88 bits per heavy atom. The third-order valence-electron chi connectivity index (χ3n) is 4.07. The van der Waals surface area contributed by atoms with Crippen LogP contribution in [0.15, 0.2) is 47.1 Å². The molecule has 1 aromatic heterocycles. The number of likely N-dealkylation sites (N-methyl/N-ethyl adjacent to an activating group) is 1. The number of ether oxygens (including phenoxy) is 2. The molecule has 24 heavy (non-hydrogen) atoms. The van der Waals surface area contributed by atoms with Gasteiger partial charge in [0.1, 0.15) is 11.9 Å². The van der Waals surface area contributed by atoms with Gasteiger partial charge in [-0.2, -0.15) is 0 Å².